The van der Waals surface area contributed by atoms with Crippen LogP contribution >= 0.6 is 0 Å². The van der Waals surface area contributed by atoms with E-state index in [1.807, 2.05) is 45.0 Å². The largest absolute Gasteiger partial charge is 0.443 e. The highest BCUT2D eigenvalue weighted by Gasteiger charge is 2.31. The van der Waals surface area contributed by atoms with Gasteiger partial charge in [-0.3, -0.25) is 0 Å². The number of amides is 1. The number of carbonyl (C=O) groups excluding carboxylic acids is 1. The first kappa shape index (κ1) is 17.5. The van der Waals surface area contributed by atoms with Crippen LogP contribution < -0.4 is 5.32 Å². The fourth-order valence-corrected chi connectivity index (χ4v) is 2.14. The van der Waals surface area contributed by atoms with Crippen LogP contribution in [0.3, 0.4) is 0 Å². The van der Waals surface area contributed by atoms with Crippen LogP contribution in [0.25, 0.3) is 0 Å². The van der Waals surface area contributed by atoms with Crippen LogP contribution in [0.5, 0.6) is 0 Å². The maximum absolute atomic E-state index is 11.6. The number of ether oxygens (including phenoxy) is 3. The molecule has 1 rings (SSSR count). The maximum Gasteiger partial charge on any atom is 0.407 e. The van der Waals surface area contributed by atoms with Crippen molar-refractivity contribution in [2.45, 2.75) is 33.0 Å². The van der Waals surface area contributed by atoms with Crippen molar-refractivity contribution in [3.8, 4) is 0 Å². The minimum Gasteiger partial charge on any atom is -0.443 e. The van der Waals surface area contributed by atoms with Crippen molar-refractivity contribution < 1.29 is 19.0 Å². The summed E-state index contributed by atoms with van der Waals surface area (Å²) in [4.78, 5) is 11.6. The lowest BCUT2D eigenvalue weighted by molar-refractivity contribution is -0.125. The molecule has 0 fully saturated rings. The fourth-order valence-electron chi connectivity index (χ4n) is 2.14. The van der Waals surface area contributed by atoms with E-state index in [9.17, 15) is 4.79 Å². The fraction of sp³-hybridized carbons (Fsp3) is 0.562. The third-order valence-corrected chi connectivity index (χ3v) is 3.26. The second-order valence-electron chi connectivity index (χ2n) is 5.21. The Kier molecular flexibility index (Phi) is 7.19. The first-order valence-corrected chi connectivity index (χ1v) is 7.05. The highest BCUT2D eigenvalue weighted by molar-refractivity contribution is 5.67. The van der Waals surface area contributed by atoms with Gasteiger partial charge in [0, 0.05) is 14.2 Å². The zero-order valence-corrected chi connectivity index (χ0v) is 13.4. The Morgan fingerprint density at radius 1 is 1.29 bits per heavy atom. The molecular formula is C16H25NO4. The minimum absolute atomic E-state index is 0.101. The normalized spacial score (nSPS) is 13.8. The van der Waals surface area contributed by atoms with Crippen LogP contribution in [0.1, 0.15) is 31.1 Å². The number of alkyl carbamates (subject to hydrolysis) is 1. The van der Waals surface area contributed by atoms with E-state index >= 15 is 0 Å². The van der Waals surface area contributed by atoms with Gasteiger partial charge in [0.2, 0.25) is 0 Å². The summed E-state index contributed by atoms with van der Waals surface area (Å²) in [6.45, 7) is 6.14. The SMILES string of the molecule is CNC(=O)OC(C(C)C)C(OCOC)c1ccccc1C. The molecule has 0 aliphatic heterocycles. The number of carbonyl (C=O) groups is 1. The summed E-state index contributed by atoms with van der Waals surface area (Å²) < 4.78 is 16.3. The number of hydrogen-bond acceptors (Lipinski definition) is 4. The Bertz CT molecular complexity index is 448. The Labute approximate surface area is 126 Å². The maximum atomic E-state index is 11.6. The molecule has 0 aromatic heterocycles. The molecule has 0 radical (unpaired) electrons. The molecule has 0 aliphatic rings. The second kappa shape index (κ2) is 8.64. The predicted molar refractivity (Wildman–Crippen MR) is 81.0 cm³/mol. The smallest absolute Gasteiger partial charge is 0.407 e. The average molecular weight is 295 g/mol. The molecule has 2 atom stereocenters. The molecule has 0 heterocycles. The first-order chi connectivity index (χ1) is 10.0. The lowest BCUT2D eigenvalue weighted by Crippen LogP contribution is -2.35. The van der Waals surface area contributed by atoms with Gasteiger partial charge in [0.1, 0.15) is 19.0 Å². The third kappa shape index (κ3) is 5.02. The van der Waals surface area contributed by atoms with Crippen LogP contribution in [0.15, 0.2) is 24.3 Å². The summed E-state index contributed by atoms with van der Waals surface area (Å²) in [5.41, 5.74) is 2.09. The van der Waals surface area contributed by atoms with Gasteiger partial charge in [0.05, 0.1) is 0 Å². The van der Waals surface area contributed by atoms with Gasteiger partial charge in [0.25, 0.3) is 0 Å². The van der Waals surface area contributed by atoms with E-state index in [0.717, 1.165) is 11.1 Å². The second-order valence-corrected chi connectivity index (χ2v) is 5.21. The van der Waals surface area contributed by atoms with E-state index in [2.05, 4.69) is 5.32 Å². The van der Waals surface area contributed by atoms with E-state index in [1.54, 1.807) is 14.2 Å². The van der Waals surface area contributed by atoms with Crippen molar-refractivity contribution in [3.63, 3.8) is 0 Å². The highest BCUT2D eigenvalue weighted by Crippen LogP contribution is 2.30. The molecule has 1 aromatic carbocycles. The van der Waals surface area contributed by atoms with Crippen LogP contribution in [-0.4, -0.2) is 33.1 Å². The van der Waals surface area contributed by atoms with Crippen LogP contribution in [-0.2, 0) is 14.2 Å². The number of rotatable bonds is 7. The van der Waals surface area contributed by atoms with Crippen molar-refractivity contribution in [1.29, 1.82) is 0 Å². The summed E-state index contributed by atoms with van der Waals surface area (Å²) in [5, 5.41) is 2.48. The Hall–Kier alpha value is -1.59. The van der Waals surface area contributed by atoms with E-state index in [4.69, 9.17) is 14.2 Å². The van der Waals surface area contributed by atoms with Crippen molar-refractivity contribution in [1.82, 2.24) is 5.32 Å². The molecule has 1 aromatic rings. The first-order valence-electron chi connectivity index (χ1n) is 7.05. The Morgan fingerprint density at radius 3 is 2.48 bits per heavy atom. The summed E-state index contributed by atoms with van der Waals surface area (Å²) in [7, 11) is 3.11. The number of benzene rings is 1. The third-order valence-electron chi connectivity index (χ3n) is 3.26. The number of hydrogen-bond donors (Lipinski definition) is 1. The number of methoxy groups -OCH3 is 1. The van der Waals surface area contributed by atoms with Gasteiger partial charge in [-0.25, -0.2) is 4.79 Å². The molecule has 0 saturated carbocycles. The molecule has 5 heteroatoms. The molecule has 118 valence electrons. The van der Waals surface area contributed by atoms with E-state index in [1.165, 1.54) is 0 Å². The van der Waals surface area contributed by atoms with Crippen LogP contribution in [0, 0.1) is 12.8 Å². The Morgan fingerprint density at radius 2 is 1.95 bits per heavy atom. The van der Waals surface area contributed by atoms with Crippen molar-refractivity contribution in [2.75, 3.05) is 21.0 Å². The van der Waals surface area contributed by atoms with Crippen molar-refractivity contribution >= 4 is 6.09 Å². The average Bonchev–Trinajstić information content (AvgIpc) is 2.47. The quantitative estimate of drug-likeness (QED) is 0.786. The van der Waals surface area contributed by atoms with Crippen molar-refractivity contribution in [2.24, 2.45) is 5.92 Å². The molecule has 5 nitrogen and oxygen atoms in total. The molecule has 0 aliphatic carbocycles. The molecule has 1 N–H and O–H groups in total. The summed E-state index contributed by atoms with van der Waals surface area (Å²) in [5.74, 6) is 0.101. The van der Waals surface area contributed by atoms with Gasteiger partial charge in [-0.15, -0.1) is 0 Å². The monoisotopic (exact) mass is 295 g/mol. The van der Waals surface area contributed by atoms with Gasteiger partial charge in [-0.1, -0.05) is 38.1 Å². The lowest BCUT2D eigenvalue weighted by Gasteiger charge is -2.30. The topological polar surface area (TPSA) is 56.8 Å². The van der Waals surface area contributed by atoms with Gasteiger partial charge in [-0.05, 0) is 24.0 Å². The number of nitrogens with one attached hydrogen (secondary N) is 1. The van der Waals surface area contributed by atoms with Gasteiger partial charge < -0.3 is 19.5 Å². The lowest BCUT2D eigenvalue weighted by atomic mass is 9.93. The molecule has 0 saturated heterocycles. The number of aryl methyl sites for hydroxylation is 1. The van der Waals surface area contributed by atoms with E-state index in [-0.39, 0.29) is 18.8 Å². The highest BCUT2D eigenvalue weighted by atomic mass is 16.7. The molecular weight excluding hydrogens is 270 g/mol. The van der Waals surface area contributed by atoms with Gasteiger partial charge >= 0.3 is 6.09 Å². The Balaban J connectivity index is 3.08. The molecule has 21 heavy (non-hydrogen) atoms. The van der Waals surface area contributed by atoms with Gasteiger partial charge in [-0.2, -0.15) is 0 Å². The zero-order valence-electron chi connectivity index (χ0n) is 13.4. The molecule has 0 spiro atoms. The summed E-state index contributed by atoms with van der Waals surface area (Å²) in [6, 6.07) is 7.91. The standard InChI is InChI=1S/C16H25NO4/c1-11(2)14(21-16(18)17-4)15(20-10-19-5)13-9-7-6-8-12(13)3/h6-9,11,14-15H,10H2,1-5H3,(H,17,18). The summed E-state index contributed by atoms with van der Waals surface area (Å²) >= 11 is 0. The minimum atomic E-state index is -0.465. The van der Waals surface area contributed by atoms with Crippen molar-refractivity contribution in [3.05, 3.63) is 35.4 Å². The van der Waals surface area contributed by atoms with Crippen LogP contribution in [0.4, 0.5) is 4.79 Å². The molecule has 2 unspecified atom stereocenters. The molecule has 0 bridgehead atoms. The predicted octanol–water partition coefficient (Wildman–Crippen LogP) is 3.04. The zero-order chi connectivity index (χ0) is 15.8. The van der Waals surface area contributed by atoms with E-state index in [0.29, 0.717) is 0 Å². The van der Waals surface area contributed by atoms with Crippen LogP contribution in [0.2, 0.25) is 0 Å². The van der Waals surface area contributed by atoms with Gasteiger partial charge in [0.15, 0.2) is 0 Å². The molecule has 1 amide bonds. The van der Waals surface area contributed by atoms with E-state index < -0.39 is 12.2 Å². The summed E-state index contributed by atoms with van der Waals surface area (Å²) in [6.07, 6.45) is -1.24.